The van der Waals surface area contributed by atoms with Gasteiger partial charge >= 0.3 is 6.18 Å². The molecule has 0 unspecified atom stereocenters. The third-order valence-electron chi connectivity index (χ3n) is 3.25. The van der Waals surface area contributed by atoms with Crippen LogP contribution in [0.3, 0.4) is 0 Å². The summed E-state index contributed by atoms with van der Waals surface area (Å²) in [7, 11) is 1.83. The number of nitrogens with one attached hydrogen (secondary N) is 1. The molecule has 0 heterocycles. The fraction of sp³-hybridized carbons (Fsp3) is 1.00. The van der Waals surface area contributed by atoms with Crippen LogP contribution in [0.5, 0.6) is 0 Å². The molecule has 3 aliphatic carbocycles. The van der Waals surface area contributed by atoms with Gasteiger partial charge in [0.2, 0.25) is 0 Å². The second-order valence-electron chi connectivity index (χ2n) is 4.35. The topological polar surface area (TPSA) is 12.0 Å². The zero-order chi connectivity index (χ0) is 9.04. The maximum atomic E-state index is 12.0. The highest BCUT2D eigenvalue weighted by Gasteiger charge is 2.69. The van der Waals surface area contributed by atoms with Crippen molar-refractivity contribution in [2.75, 3.05) is 7.05 Å². The van der Waals surface area contributed by atoms with E-state index in [-0.39, 0.29) is 11.0 Å². The molecule has 0 spiro atoms. The zero-order valence-electron chi connectivity index (χ0n) is 6.96. The van der Waals surface area contributed by atoms with Crippen molar-refractivity contribution in [1.29, 1.82) is 0 Å². The molecule has 0 atom stereocenters. The van der Waals surface area contributed by atoms with Gasteiger partial charge in [-0.05, 0) is 31.7 Å². The fourth-order valence-corrected chi connectivity index (χ4v) is 2.88. The minimum absolute atomic E-state index is 0.0885. The summed E-state index contributed by atoms with van der Waals surface area (Å²) in [5.41, 5.74) is -0.285. The molecule has 1 nitrogen and oxygen atoms in total. The summed E-state index contributed by atoms with van der Waals surface area (Å²) in [5, 5.41) is 3.09. The number of halogens is 3. The molecule has 0 aliphatic heterocycles. The summed E-state index contributed by atoms with van der Waals surface area (Å²) in [6, 6.07) is 0. The summed E-state index contributed by atoms with van der Waals surface area (Å²) in [6.07, 6.45) is -2.40. The minimum atomic E-state index is -3.97. The number of alkyl halides is 3. The molecule has 0 aromatic heterocycles. The van der Waals surface area contributed by atoms with Gasteiger partial charge in [-0.25, -0.2) is 0 Å². The number of hydrogen-bond donors (Lipinski definition) is 1. The average Bonchev–Trinajstić information content (AvgIpc) is 1.72. The lowest BCUT2D eigenvalue weighted by Crippen LogP contribution is -2.73. The van der Waals surface area contributed by atoms with Crippen LogP contribution < -0.4 is 5.32 Å². The van der Waals surface area contributed by atoms with Gasteiger partial charge in [-0.2, -0.15) is 13.2 Å². The van der Waals surface area contributed by atoms with Gasteiger partial charge in [-0.3, -0.25) is 0 Å². The van der Waals surface area contributed by atoms with Gasteiger partial charge in [0.25, 0.3) is 0 Å². The Balaban J connectivity index is 1.88. The number of hydrogen-bond acceptors (Lipinski definition) is 1. The second-order valence-corrected chi connectivity index (χ2v) is 4.35. The zero-order valence-corrected chi connectivity index (χ0v) is 6.96. The van der Waals surface area contributed by atoms with Gasteiger partial charge in [-0.1, -0.05) is 0 Å². The van der Waals surface area contributed by atoms with Crippen molar-refractivity contribution in [2.24, 2.45) is 5.41 Å². The van der Waals surface area contributed by atoms with E-state index in [1.54, 1.807) is 0 Å². The maximum absolute atomic E-state index is 12.0. The third-order valence-corrected chi connectivity index (χ3v) is 3.25. The first-order chi connectivity index (χ1) is 5.39. The van der Waals surface area contributed by atoms with Crippen molar-refractivity contribution in [3.63, 3.8) is 0 Å². The summed E-state index contributed by atoms with van der Waals surface area (Å²) in [4.78, 5) is 0. The largest absolute Gasteiger partial charge is 0.389 e. The predicted octanol–water partition coefficient (Wildman–Crippen LogP) is 2.08. The molecule has 70 valence electrons. The molecule has 0 saturated heterocycles. The first kappa shape index (κ1) is 8.35. The quantitative estimate of drug-likeness (QED) is 0.684. The molecule has 12 heavy (non-hydrogen) atoms. The van der Waals surface area contributed by atoms with Crippen LogP contribution in [0.4, 0.5) is 13.2 Å². The first-order valence-corrected chi connectivity index (χ1v) is 4.15. The monoisotopic (exact) mass is 179 g/mol. The van der Waals surface area contributed by atoms with E-state index in [1.165, 1.54) is 0 Å². The summed E-state index contributed by atoms with van der Waals surface area (Å²) in [5.74, 6) is 0. The highest BCUT2D eigenvalue weighted by molar-refractivity contribution is 5.22. The Morgan fingerprint density at radius 1 is 1.25 bits per heavy atom. The average molecular weight is 179 g/mol. The summed E-state index contributed by atoms with van der Waals surface area (Å²) in [6.45, 7) is 0. The highest BCUT2D eigenvalue weighted by atomic mass is 19.4. The minimum Gasteiger partial charge on any atom is -0.314 e. The van der Waals surface area contributed by atoms with Crippen LogP contribution in [0, 0.1) is 5.41 Å². The molecule has 4 heteroatoms. The lowest BCUT2D eigenvalue weighted by molar-refractivity contribution is -0.236. The van der Waals surface area contributed by atoms with E-state index < -0.39 is 12.6 Å². The van der Waals surface area contributed by atoms with E-state index in [2.05, 4.69) is 5.32 Å². The summed E-state index contributed by atoms with van der Waals surface area (Å²) >= 11 is 0. The highest BCUT2D eigenvalue weighted by Crippen LogP contribution is 2.70. The molecule has 3 saturated carbocycles. The van der Waals surface area contributed by atoms with Crippen molar-refractivity contribution >= 4 is 0 Å². The van der Waals surface area contributed by atoms with E-state index in [9.17, 15) is 13.2 Å². The SMILES string of the molecule is CNC12CC(CC(F)(F)F)(C1)C2. The van der Waals surface area contributed by atoms with Gasteiger partial charge in [0.1, 0.15) is 0 Å². The van der Waals surface area contributed by atoms with E-state index in [0.717, 1.165) is 19.3 Å². The molecule has 3 fully saturated rings. The molecule has 0 aromatic rings. The molecule has 0 aromatic carbocycles. The standard InChI is InChI=1S/C8H12F3N/c1-12-7-2-6(3-7,4-7)5-8(9,10)11/h12H,2-5H2,1H3. The van der Waals surface area contributed by atoms with Crippen LogP contribution >= 0.6 is 0 Å². The molecular formula is C8H12F3N. The van der Waals surface area contributed by atoms with Gasteiger partial charge in [0.15, 0.2) is 0 Å². The van der Waals surface area contributed by atoms with Crippen molar-refractivity contribution in [3.8, 4) is 0 Å². The Morgan fingerprint density at radius 3 is 2.08 bits per heavy atom. The smallest absolute Gasteiger partial charge is 0.314 e. The second kappa shape index (κ2) is 1.97. The molecule has 0 amide bonds. The lowest BCUT2D eigenvalue weighted by atomic mass is 9.38. The van der Waals surface area contributed by atoms with Crippen molar-refractivity contribution in [2.45, 2.75) is 37.4 Å². The molecule has 1 N–H and O–H groups in total. The van der Waals surface area contributed by atoms with Crippen molar-refractivity contribution < 1.29 is 13.2 Å². The van der Waals surface area contributed by atoms with Crippen LogP contribution in [-0.2, 0) is 0 Å². The maximum Gasteiger partial charge on any atom is 0.389 e. The van der Waals surface area contributed by atoms with Gasteiger partial charge in [-0.15, -0.1) is 0 Å². The van der Waals surface area contributed by atoms with Crippen LogP contribution in [-0.4, -0.2) is 18.8 Å². The Hall–Kier alpha value is -0.250. The van der Waals surface area contributed by atoms with Crippen molar-refractivity contribution in [3.05, 3.63) is 0 Å². The van der Waals surface area contributed by atoms with E-state index in [1.807, 2.05) is 7.05 Å². The van der Waals surface area contributed by atoms with Crippen LogP contribution in [0.2, 0.25) is 0 Å². The van der Waals surface area contributed by atoms with E-state index >= 15 is 0 Å². The van der Waals surface area contributed by atoms with Gasteiger partial charge < -0.3 is 5.32 Å². The van der Waals surface area contributed by atoms with Crippen LogP contribution in [0.25, 0.3) is 0 Å². The third kappa shape index (κ3) is 1.04. The predicted molar refractivity (Wildman–Crippen MR) is 38.7 cm³/mol. The molecule has 3 aliphatic rings. The number of rotatable bonds is 2. The molecule has 0 radical (unpaired) electrons. The Labute approximate surface area is 69.3 Å². The molecule has 2 bridgehead atoms. The fourth-order valence-electron chi connectivity index (χ4n) is 2.88. The lowest BCUT2D eigenvalue weighted by Gasteiger charge is -2.71. The van der Waals surface area contributed by atoms with Gasteiger partial charge in [0.05, 0.1) is 0 Å². The normalized spacial score (nSPS) is 45.0. The Morgan fingerprint density at radius 2 is 1.75 bits per heavy atom. The molecular weight excluding hydrogens is 167 g/mol. The first-order valence-electron chi connectivity index (χ1n) is 4.15. The van der Waals surface area contributed by atoms with Crippen LogP contribution in [0.15, 0.2) is 0 Å². The van der Waals surface area contributed by atoms with Gasteiger partial charge in [0, 0.05) is 12.0 Å². The van der Waals surface area contributed by atoms with Crippen molar-refractivity contribution in [1.82, 2.24) is 5.32 Å². The van der Waals surface area contributed by atoms with E-state index in [4.69, 9.17) is 0 Å². The van der Waals surface area contributed by atoms with Crippen LogP contribution in [0.1, 0.15) is 25.7 Å². The Kier molecular flexibility index (Phi) is 1.37. The van der Waals surface area contributed by atoms with E-state index in [0.29, 0.717) is 0 Å². The summed E-state index contributed by atoms with van der Waals surface area (Å²) < 4.78 is 36.0. The molecule has 3 rings (SSSR count). The Bertz CT molecular complexity index is 189.